The lowest BCUT2D eigenvalue weighted by Gasteiger charge is -2.14. The molecule has 1 aromatic heterocycles. The molecule has 0 bridgehead atoms. The fourth-order valence-corrected chi connectivity index (χ4v) is 3.47. The van der Waals surface area contributed by atoms with Gasteiger partial charge < -0.3 is 5.73 Å². The van der Waals surface area contributed by atoms with Crippen LogP contribution in [-0.2, 0) is 0 Å². The van der Waals surface area contributed by atoms with Gasteiger partial charge in [-0.25, -0.2) is 4.98 Å². The van der Waals surface area contributed by atoms with Crippen LogP contribution in [0.4, 0.5) is 5.82 Å². The van der Waals surface area contributed by atoms with E-state index in [9.17, 15) is 5.26 Å². The Morgan fingerprint density at radius 3 is 2.28 bits per heavy atom. The second-order valence-electron chi connectivity index (χ2n) is 5.84. The van der Waals surface area contributed by atoms with Crippen LogP contribution in [0.15, 0.2) is 42.5 Å². The van der Waals surface area contributed by atoms with Crippen molar-refractivity contribution in [2.45, 2.75) is 13.8 Å². The number of hydrogen-bond acceptors (Lipinski definition) is 3. The molecule has 3 rings (SSSR count). The average Bonchev–Trinajstić information content (AvgIpc) is 2.54. The summed E-state index contributed by atoms with van der Waals surface area (Å²) in [6.45, 7) is 4.05. The molecule has 0 spiro atoms. The Hall–Kier alpha value is -2.54. The lowest BCUT2D eigenvalue weighted by Crippen LogP contribution is -2.01. The molecule has 0 saturated heterocycles. The number of nitrogens with two attached hydrogens (primary N) is 1. The zero-order valence-electron chi connectivity index (χ0n) is 13.8. The topological polar surface area (TPSA) is 62.7 Å². The number of nitrogen functional groups attached to an aromatic ring is 1. The van der Waals surface area contributed by atoms with Crippen LogP contribution in [0.5, 0.6) is 0 Å². The highest BCUT2D eigenvalue weighted by molar-refractivity contribution is 6.39. The smallest absolute Gasteiger partial charge is 0.142 e. The number of nitrogens with zero attached hydrogens (tertiary/aromatic N) is 2. The first-order valence-electron chi connectivity index (χ1n) is 7.65. The molecule has 3 nitrogen and oxygen atoms in total. The van der Waals surface area contributed by atoms with E-state index < -0.39 is 0 Å². The molecular formula is C20H15Cl2N3. The van der Waals surface area contributed by atoms with Gasteiger partial charge in [0, 0.05) is 26.7 Å². The van der Waals surface area contributed by atoms with E-state index in [1.807, 2.05) is 32.0 Å². The molecule has 0 radical (unpaired) electrons. The Labute approximate surface area is 156 Å². The molecule has 0 atom stereocenters. The SMILES string of the molecule is Cc1ccc(-c2cc(-c3c(Cl)cccc3Cl)c(C#N)c(N)n2)c(C)c1. The third-order valence-corrected chi connectivity index (χ3v) is 4.68. The number of hydrogen-bond donors (Lipinski definition) is 1. The van der Waals surface area contributed by atoms with Crippen molar-refractivity contribution in [3.63, 3.8) is 0 Å². The number of benzene rings is 2. The van der Waals surface area contributed by atoms with Crippen molar-refractivity contribution in [3.8, 4) is 28.5 Å². The maximum Gasteiger partial charge on any atom is 0.142 e. The second kappa shape index (κ2) is 6.76. The van der Waals surface area contributed by atoms with E-state index in [1.54, 1.807) is 18.2 Å². The molecule has 1 heterocycles. The fraction of sp³-hybridized carbons (Fsp3) is 0.100. The standard InChI is InChI=1S/C20H15Cl2N3/c1-11-6-7-13(12(2)8-11)18-9-14(15(10-23)20(24)25-18)19-16(21)4-3-5-17(19)22/h3-9H,1-2H3,(H2,24,25). The Bertz CT molecular complexity index is 1000. The zero-order valence-corrected chi connectivity index (χ0v) is 15.3. The first kappa shape index (κ1) is 17.3. The molecule has 0 fully saturated rings. The highest BCUT2D eigenvalue weighted by Crippen LogP contribution is 2.39. The molecule has 124 valence electrons. The van der Waals surface area contributed by atoms with Gasteiger partial charge in [-0.05, 0) is 37.6 Å². The van der Waals surface area contributed by atoms with Gasteiger partial charge in [-0.2, -0.15) is 5.26 Å². The molecule has 5 heteroatoms. The number of halogens is 2. The minimum atomic E-state index is 0.158. The predicted octanol–water partition coefficient (Wildman–Crippen LogP) is 5.79. The number of aromatic nitrogens is 1. The summed E-state index contributed by atoms with van der Waals surface area (Å²) in [7, 11) is 0. The first-order chi connectivity index (χ1) is 11.9. The summed E-state index contributed by atoms with van der Waals surface area (Å²) in [6.07, 6.45) is 0. The Balaban J connectivity index is 2.33. The Morgan fingerprint density at radius 2 is 1.68 bits per heavy atom. The number of anilines is 1. The van der Waals surface area contributed by atoms with Gasteiger partial charge in [-0.15, -0.1) is 0 Å². The summed E-state index contributed by atoms with van der Waals surface area (Å²) in [5.41, 5.74) is 11.4. The largest absolute Gasteiger partial charge is 0.383 e. The van der Waals surface area contributed by atoms with Crippen LogP contribution < -0.4 is 5.73 Å². The van der Waals surface area contributed by atoms with Crippen molar-refractivity contribution in [3.05, 3.63) is 69.2 Å². The number of aryl methyl sites for hydroxylation is 2. The van der Waals surface area contributed by atoms with Crippen molar-refractivity contribution in [2.75, 3.05) is 5.73 Å². The molecule has 0 amide bonds. The van der Waals surface area contributed by atoms with E-state index in [1.165, 1.54) is 0 Å². The van der Waals surface area contributed by atoms with E-state index in [0.717, 1.165) is 16.7 Å². The molecule has 0 saturated carbocycles. The van der Waals surface area contributed by atoms with Crippen LogP contribution in [0.25, 0.3) is 22.4 Å². The average molecular weight is 368 g/mol. The highest BCUT2D eigenvalue weighted by atomic mass is 35.5. The summed E-state index contributed by atoms with van der Waals surface area (Å²) >= 11 is 12.7. The summed E-state index contributed by atoms with van der Waals surface area (Å²) in [5, 5.41) is 10.5. The van der Waals surface area contributed by atoms with E-state index in [0.29, 0.717) is 26.9 Å². The van der Waals surface area contributed by atoms with E-state index in [2.05, 4.69) is 17.1 Å². The predicted molar refractivity (Wildman–Crippen MR) is 104 cm³/mol. The van der Waals surface area contributed by atoms with Gasteiger partial charge >= 0.3 is 0 Å². The van der Waals surface area contributed by atoms with Crippen molar-refractivity contribution in [2.24, 2.45) is 0 Å². The maximum absolute atomic E-state index is 9.54. The fourth-order valence-electron chi connectivity index (χ4n) is 2.87. The maximum atomic E-state index is 9.54. The molecule has 0 aliphatic carbocycles. The van der Waals surface area contributed by atoms with Gasteiger partial charge in [-0.1, -0.05) is 53.0 Å². The number of rotatable bonds is 2. The van der Waals surface area contributed by atoms with Crippen LogP contribution >= 0.6 is 23.2 Å². The Kier molecular flexibility index (Phi) is 4.67. The first-order valence-corrected chi connectivity index (χ1v) is 8.40. The molecule has 0 aliphatic rings. The van der Waals surface area contributed by atoms with Gasteiger partial charge in [0.2, 0.25) is 0 Å². The van der Waals surface area contributed by atoms with E-state index in [4.69, 9.17) is 28.9 Å². The molecule has 25 heavy (non-hydrogen) atoms. The number of pyridine rings is 1. The van der Waals surface area contributed by atoms with Crippen LogP contribution in [0, 0.1) is 25.2 Å². The van der Waals surface area contributed by atoms with Gasteiger partial charge in [0.25, 0.3) is 0 Å². The van der Waals surface area contributed by atoms with Crippen LogP contribution in [0.3, 0.4) is 0 Å². The van der Waals surface area contributed by atoms with Crippen LogP contribution in [-0.4, -0.2) is 4.98 Å². The lowest BCUT2D eigenvalue weighted by atomic mass is 9.96. The van der Waals surface area contributed by atoms with Crippen molar-refractivity contribution in [1.29, 1.82) is 5.26 Å². The van der Waals surface area contributed by atoms with Crippen molar-refractivity contribution in [1.82, 2.24) is 4.98 Å². The molecule has 3 aromatic rings. The van der Waals surface area contributed by atoms with Crippen molar-refractivity contribution < 1.29 is 0 Å². The monoisotopic (exact) mass is 367 g/mol. The second-order valence-corrected chi connectivity index (χ2v) is 6.66. The van der Waals surface area contributed by atoms with Crippen LogP contribution in [0.2, 0.25) is 10.0 Å². The summed E-state index contributed by atoms with van der Waals surface area (Å²) in [5.74, 6) is 0.158. The quantitative estimate of drug-likeness (QED) is 0.622. The minimum Gasteiger partial charge on any atom is -0.383 e. The molecule has 0 unspecified atom stereocenters. The van der Waals surface area contributed by atoms with Crippen molar-refractivity contribution >= 4 is 29.0 Å². The summed E-state index contributed by atoms with van der Waals surface area (Å²) in [4.78, 5) is 4.42. The van der Waals surface area contributed by atoms with E-state index >= 15 is 0 Å². The number of nitriles is 1. The van der Waals surface area contributed by atoms with E-state index in [-0.39, 0.29) is 11.4 Å². The molecule has 2 N–H and O–H groups in total. The van der Waals surface area contributed by atoms with Gasteiger partial charge in [-0.3, -0.25) is 0 Å². The molecule has 2 aromatic carbocycles. The third-order valence-electron chi connectivity index (χ3n) is 4.05. The third kappa shape index (κ3) is 3.19. The molecule has 0 aliphatic heterocycles. The van der Waals surface area contributed by atoms with Gasteiger partial charge in [0.15, 0.2) is 0 Å². The van der Waals surface area contributed by atoms with Gasteiger partial charge in [0.1, 0.15) is 17.5 Å². The molecular weight excluding hydrogens is 353 g/mol. The lowest BCUT2D eigenvalue weighted by molar-refractivity contribution is 1.28. The highest BCUT2D eigenvalue weighted by Gasteiger charge is 2.18. The minimum absolute atomic E-state index is 0.158. The zero-order chi connectivity index (χ0) is 18.1. The normalized spacial score (nSPS) is 10.5. The summed E-state index contributed by atoms with van der Waals surface area (Å²) in [6, 6.07) is 15.2. The van der Waals surface area contributed by atoms with Gasteiger partial charge in [0.05, 0.1) is 5.69 Å². The summed E-state index contributed by atoms with van der Waals surface area (Å²) < 4.78 is 0. The Morgan fingerprint density at radius 1 is 1.00 bits per heavy atom. The van der Waals surface area contributed by atoms with Crippen LogP contribution in [0.1, 0.15) is 16.7 Å².